The Morgan fingerprint density at radius 2 is 1.67 bits per heavy atom. The van der Waals surface area contributed by atoms with Crippen LogP contribution in [0.2, 0.25) is 0 Å². The maximum absolute atomic E-state index is 5.72. The molecule has 0 spiro atoms. The van der Waals surface area contributed by atoms with Gasteiger partial charge in [0.2, 0.25) is 5.71 Å². The number of anilines is 1. The zero-order valence-corrected chi connectivity index (χ0v) is 21.1. The summed E-state index contributed by atoms with van der Waals surface area (Å²) in [6.07, 6.45) is 15.4. The normalized spacial score (nSPS) is 17.9. The summed E-state index contributed by atoms with van der Waals surface area (Å²) in [4.78, 5) is 2.33. The van der Waals surface area contributed by atoms with E-state index in [4.69, 9.17) is 9.47 Å². The first-order valence-electron chi connectivity index (χ1n) is 12.2. The fourth-order valence-corrected chi connectivity index (χ4v) is 4.51. The van der Waals surface area contributed by atoms with Gasteiger partial charge < -0.3 is 14.4 Å². The van der Waals surface area contributed by atoms with Crippen molar-refractivity contribution >= 4 is 17.5 Å². The highest BCUT2D eigenvalue weighted by Gasteiger charge is 2.17. The second-order valence-corrected chi connectivity index (χ2v) is 8.28. The van der Waals surface area contributed by atoms with E-state index in [9.17, 15) is 0 Å². The van der Waals surface area contributed by atoms with Gasteiger partial charge >= 0.3 is 0 Å². The number of allylic oxidation sites excluding steroid dienone is 7. The van der Waals surface area contributed by atoms with Crippen LogP contribution in [0.15, 0.2) is 71.1 Å². The van der Waals surface area contributed by atoms with Crippen LogP contribution in [0.5, 0.6) is 5.75 Å². The highest BCUT2D eigenvalue weighted by atomic mass is 16.5. The Hall–Kier alpha value is -3.01. The third kappa shape index (κ3) is 5.87. The van der Waals surface area contributed by atoms with Gasteiger partial charge in [0.25, 0.3) is 0 Å². The third-order valence-corrected chi connectivity index (χ3v) is 6.45. The van der Waals surface area contributed by atoms with Crippen LogP contribution < -0.4 is 9.64 Å². The van der Waals surface area contributed by atoms with Gasteiger partial charge in [0.05, 0.1) is 20.3 Å². The molecule has 4 heteroatoms. The first-order chi connectivity index (χ1) is 16.1. The van der Waals surface area contributed by atoms with Gasteiger partial charge in [-0.25, -0.2) is 4.58 Å². The Kier molecular flexibility index (Phi) is 8.76. The summed E-state index contributed by atoms with van der Waals surface area (Å²) in [5, 5.41) is 0. The molecule has 0 fully saturated rings. The molecule has 0 radical (unpaired) electrons. The summed E-state index contributed by atoms with van der Waals surface area (Å²) in [5.74, 6) is 1.85. The molecule has 0 saturated carbocycles. The van der Waals surface area contributed by atoms with Crippen LogP contribution >= 0.6 is 0 Å². The second kappa shape index (κ2) is 11.7. The van der Waals surface area contributed by atoms with Crippen molar-refractivity contribution in [3.63, 3.8) is 0 Å². The number of hydrogen-bond donors (Lipinski definition) is 0. The Balaban J connectivity index is 1.85. The van der Waals surface area contributed by atoms with Crippen LogP contribution in [0.1, 0.15) is 46.1 Å². The van der Waals surface area contributed by atoms with Crippen molar-refractivity contribution in [1.29, 1.82) is 0 Å². The van der Waals surface area contributed by atoms with Crippen molar-refractivity contribution in [2.45, 2.75) is 40.5 Å². The molecule has 0 unspecified atom stereocenters. The van der Waals surface area contributed by atoms with Crippen molar-refractivity contribution in [1.82, 2.24) is 0 Å². The predicted octanol–water partition coefficient (Wildman–Crippen LogP) is 6.16. The summed E-state index contributed by atoms with van der Waals surface area (Å²) in [6, 6.07) is 6.51. The molecule has 0 aliphatic heterocycles. The molecule has 3 rings (SSSR count). The minimum atomic E-state index is 0.923. The summed E-state index contributed by atoms with van der Waals surface area (Å²) in [5.41, 5.74) is 7.32. The second-order valence-electron chi connectivity index (χ2n) is 8.28. The van der Waals surface area contributed by atoms with E-state index in [1.807, 2.05) is 0 Å². The lowest BCUT2D eigenvalue weighted by Crippen LogP contribution is -2.21. The Labute approximate surface area is 199 Å². The smallest absolute Gasteiger partial charge is 0.203 e. The molecule has 0 atom stereocenters. The van der Waals surface area contributed by atoms with E-state index in [0.29, 0.717) is 0 Å². The van der Waals surface area contributed by atoms with Crippen LogP contribution in [0.4, 0.5) is 5.69 Å². The molecule has 1 aromatic rings. The quantitative estimate of drug-likeness (QED) is 0.424. The van der Waals surface area contributed by atoms with Gasteiger partial charge in [-0.05, 0) is 82.0 Å². The summed E-state index contributed by atoms with van der Waals surface area (Å²) in [6.45, 7) is 12.7. The maximum atomic E-state index is 5.72. The molecule has 0 aromatic heterocycles. The topological polar surface area (TPSA) is 24.7 Å². The van der Waals surface area contributed by atoms with Crippen molar-refractivity contribution in [3.8, 4) is 5.75 Å². The standard InChI is InChI=1S/C29H39N2O2/c1-7-30(8-2)26-15-13-24(28(20-26)32-5)18-22-11-12-23(17-22)19-25-14-16-27(21-29(25)33-6)31(9-3)10-4/h13-21H,7-12H2,1-6H3/q+1. The largest absolute Gasteiger partial charge is 0.496 e. The van der Waals surface area contributed by atoms with Gasteiger partial charge in [0, 0.05) is 42.1 Å². The van der Waals surface area contributed by atoms with E-state index < -0.39 is 0 Å². The molecular formula is C29H39N2O2+. The maximum Gasteiger partial charge on any atom is 0.203 e. The number of nitrogens with zero attached hydrogens (tertiary/aromatic N) is 2. The molecule has 176 valence electrons. The van der Waals surface area contributed by atoms with Crippen LogP contribution in [0.3, 0.4) is 0 Å². The summed E-state index contributed by atoms with van der Waals surface area (Å²) in [7, 11) is 3.50. The molecule has 2 aliphatic carbocycles. The SMILES string of the molecule is CCN(CC)c1ccc(/C=C2C=C(/C=C3\C=CC(=[N+](CC)CC)C=C3OC)CC/2)c(OC)c1. The molecule has 0 amide bonds. The van der Waals surface area contributed by atoms with Gasteiger partial charge in [-0.2, -0.15) is 0 Å². The fraction of sp³-hybridized carbons (Fsp3) is 0.414. The molecule has 4 nitrogen and oxygen atoms in total. The van der Waals surface area contributed by atoms with E-state index in [0.717, 1.165) is 61.7 Å². The van der Waals surface area contributed by atoms with Gasteiger partial charge in [-0.1, -0.05) is 6.08 Å². The molecule has 33 heavy (non-hydrogen) atoms. The lowest BCUT2D eigenvalue weighted by molar-refractivity contribution is -0.519. The number of benzene rings is 1. The monoisotopic (exact) mass is 447 g/mol. The molecular weight excluding hydrogens is 408 g/mol. The lowest BCUT2D eigenvalue weighted by atomic mass is 10.0. The molecule has 1 aromatic carbocycles. The number of ether oxygens (including phenoxy) is 2. The molecule has 2 aliphatic rings. The average Bonchev–Trinajstić information content (AvgIpc) is 3.28. The van der Waals surface area contributed by atoms with Gasteiger partial charge in [-0.3, -0.25) is 0 Å². The Bertz CT molecular complexity index is 1030. The number of methoxy groups -OCH3 is 2. The summed E-state index contributed by atoms with van der Waals surface area (Å²) < 4.78 is 13.8. The first-order valence-corrected chi connectivity index (χ1v) is 12.2. The average molecular weight is 448 g/mol. The fourth-order valence-electron chi connectivity index (χ4n) is 4.51. The van der Waals surface area contributed by atoms with Gasteiger partial charge in [-0.15, -0.1) is 0 Å². The van der Waals surface area contributed by atoms with E-state index in [2.05, 4.69) is 91.8 Å². The highest BCUT2D eigenvalue weighted by Crippen LogP contribution is 2.32. The lowest BCUT2D eigenvalue weighted by Gasteiger charge is -2.22. The van der Waals surface area contributed by atoms with Crippen LogP contribution in [0.25, 0.3) is 6.08 Å². The first kappa shape index (κ1) is 24.6. The van der Waals surface area contributed by atoms with E-state index in [1.54, 1.807) is 14.2 Å². The Morgan fingerprint density at radius 1 is 0.909 bits per heavy atom. The number of hydrogen-bond acceptors (Lipinski definition) is 3. The third-order valence-electron chi connectivity index (χ3n) is 6.45. The Morgan fingerprint density at radius 3 is 2.30 bits per heavy atom. The highest BCUT2D eigenvalue weighted by molar-refractivity contribution is 6.03. The van der Waals surface area contributed by atoms with E-state index in [1.165, 1.54) is 22.5 Å². The van der Waals surface area contributed by atoms with Crippen molar-refractivity contribution < 1.29 is 14.0 Å². The van der Waals surface area contributed by atoms with Crippen molar-refractivity contribution in [2.24, 2.45) is 0 Å². The van der Waals surface area contributed by atoms with Gasteiger partial charge in [0.15, 0.2) is 0 Å². The van der Waals surface area contributed by atoms with Crippen LogP contribution in [-0.4, -0.2) is 50.7 Å². The zero-order valence-electron chi connectivity index (χ0n) is 21.1. The van der Waals surface area contributed by atoms with E-state index in [-0.39, 0.29) is 0 Å². The number of rotatable bonds is 9. The van der Waals surface area contributed by atoms with Gasteiger partial charge in [0.1, 0.15) is 24.6 Å². The van der Waals surface area contributed by atoms with Crippen LogP contribution in [-0.2, 0) is 4.74 Å². The minimum Gasteiger partial charge on any atom is -0.496 e. The summed E-state index contributed by atoms with van der Waals surface area (Å²) >= 11 is 0. The molecule has 0 bridgehead atoms. The van der Waals surface area contributed by atoms with Crippen molar-refractivity contribution in [3.05, 3.63) is 76.6 Å². The zero-order chi connectivity index (χ0) is 23.8. The molecule has 0 heterocycles. The minimum absolute atomic E-state index is 0.923. The molecule has 0 saturated heterocycles. The predicted molar refractivity (Wildman–Crippen MR) is 141 cm³/mol. The van der Waals surface area contributed by atoms with Crippen LogP contribution in [0, 0.1) is 0 Å². The van der Waals surface area contributed by atoms with E-state index >= 15 is 0 Å². The molecule has 0 N–H and O–H groups in total. The van der Waals surface area contributed by atoms with Crippen molar-refractivity contribution in [2.75, 3.05) is 45.3 Å².